The van der Waals surface area contributed by atoms with E-state index in [0.29, 0.717) is 12.0 Å². The van der Waals surface area contributed by atoms with Crippen LogP contribution in [0.5, 0.6) is 0 Å². The van der Waals surface area contributed by atoms with E-state index >= 15 is 0 Å². The predicted molar refractivity (Wildman–Crippen MR) is 79.3 cm³/mol. The molecule has 0 bridgehead atoms. The highest BCUT2D eigenvalue weighted by Crippen LogP contribution is 2.26. The normalized spacial score (nSPS) is 18.2. The van der Waals surface area contributed by atoms with Gasteiger partial charge in [0.1, 0.15) is 0 Å². The van der Waals surface area contributed by atoms with E-state index in [0.717, 1.165) is 0 Å². The number of nitrogens with one attached hydrogen (secondary N) is 1. The summed E-state index contributed by atoms with van der Waals surface area (Å²) in [5.74, 6) is 0.587. The SMILES string of the molecule is CCN1CCC(Nc2ccccc2C(C)C)CC1. The van der Waals surface area contributed by atoms with Gasteiger partial charge in [0.25, 0.3) is 0 Å². The van der Waals surface area contributed by atoms with Gasteiger partial charge in [0.2, 0.25) is 0 Å². The number of anilines is 1. The first-order chi connectivity index (χ1) is 8.70. The molecule has 1 saturated heterocycles. The molecule has 0 aromatic heterocycles. The van der Waals surface area contributed by atoms with Gasteiger partial charge in [-0.3, -0.25) is 0 Å². The third-order valence-electron chi connectivity index (χ3n) is 3.98. The Kier molecular flexibility index (Phi) is 4.65. The number of piperidine rings is 1. The molecule has 0 aliphatic carbocycles. The van der Waals surface area contributed by atoms with E-state index < -0.39 is 0 Å². The lowest BCUT2D eigenvalue weighted by Crippen LogP contribution is -2.39. The van der Waals surface area contributed by atoms with Gasteiger partial charge in [-0.05, 0) is 36.9 Å². The summed E-state index contributed by atoms with van der Waals surface area (Å²) in [5, 5.41) is 3.75. The van der Waals surface area contributed by atoms with Crippen molar-refractivity contribution >= 4 is 5.69 Å². The first kappa shape index (κ1) is 13.4. The number of benzene rings is 1. The highest BCUT2D eigenvalue weighted by atomic mass is 15.1. The van der Waals surface area contributed by atoms with E-state index in [4.69, 9.17) is 0 Å². The molecular weight excluding hydrogens is 220 g/mol. The monoisotopic (exact) mass is 246 g/mol. The Bertz CT molecular complexity index is 365. The quantitative estimate of drug-likeness (QED) is 0.871. The Morgan fingerprint density at radius 2 is 1.89 bits per heavy atom. The molecule has 0 atom stereocenters. The van der Waals surface area contributed by atoms with Crippen LogP contribution >= 0.6 is 0 Å². The van der Waals surface area contributed by atoms with Gasteiger partial charge in [0.15, 0.2) is 0 Å². The summed E-state index contributed by atoms with van der Waals surface area (Å²) in [6.45, 7) is 10.4. The van der Waals surface area contributed by atoms with Gasteiger partial charge < -0.3 is 10.2 Å². The van der Waals surface area contributed by atoms with Crippen molar-refractivity contribution in [3.8, 4) is 0 Å². The molecule has 0 saturated carbocycles. The lowest BCUT2D eigenvalue weighted by Gasteiger charge is -2.32. The summed E-state index contributed by atoms with van der Waals surface area (Å²) >= 11 is 0. The van der Waals surface area contributed by atoms with Gasteiger partial charge in [-0.25, -0.2) is 0 Å². The maximum absolute atomic E-state index is 3.75. The van der Waals surface area contributed by atoms with Crippen LogP contribution < -0.4 is 5.32 Å². The summed E-state index contributed by atoms with van der Waals surface area (Å²) in [5.41, 5.74) is 2.78. The largest absolute Gasteiger partial charge is 0.382 e. The summed E-state index contributed by atoms with van der Waals surface area (Å²) in [7, 11) is 0. The molecule has 18 heavy (non-hydrogen) atoms. The minimum absolute atomic E-state index is 0.587. The van der Waals surface area contributed by atoms with Gasteiger partial charge >= 0.3 is 0 Å². The Morgan fingerprint density at radius 3 is 2.50 bits per heavy atom. The van der Waals surface area contributed by atoms with Gasteiger partial charge in [0.05, 0.1) is 0 Å². The van der Waals surface area contributed by atoms with Crippen molar-refractivity contribution in [2.75, 3.05) is 25.0 Å². The van der Waals surface area contributed by atoms with Crippen molar-refractivity contribution in [1.82, 2.24) is 4.90 Å². The summed E-state index contributed by atoms with van der Waals surface area (Å²) in [4.78, 5) is 2.53. The lowest BCUT2D eigenvalue weighted by molar-refractivity contribution is 0.229. The van der Waals surface area contributed by atoms with Crippen molar-refractivity contribution in [1.29, 1.82) is 0 Å². The zero-order valence-electron chi connectivity index (χ0n) is 11.9. The Morgan fingerprint density at radius 1 is 1.22 bits per heavy atom. The number of hydrogen-bond acceptors (Lipinski definition) is 2. The maximum Gasteiger partial charge on any atom is 0.0377 e. The Balaban J connectivity index is 1.98. The zero-order valence-corrected chi connectivity index (χ0v) is 11.9. The molecule has 1 aromatic carbocycles. The second-order valence-corrected chi connectivity index (χ2v) is 5.59. The number of para-hydroxylation sites is 1. The topological polar surface area (TPSA) is 15.3 Å². The summed E-state index contributed by atoms with van der Waals surface area (Å²) in [6.07, 6.45) is 2.53. The molecule has 100 valence electrons. The molecular formula is C16H26N2. The highest BCUT2D eigenvalue weighted by molar-refractivity contribution is 5.53. The van der Waals surface area contributed by atoms with E-state index in [1.165, 1.54) is 43.7 Å². The van der Waals surface area contributed by atoms with Crippen molar-refractivity contribution < 1.29 is 0 Å². The van der Waals surface area contributed by atoms with E-state index in [-0.39, 0.29) is 0 Å². The van der Waals surface area contributed by atoms with E-state index in [2.05, 4.69) is 55.3 Å². The van der Waals surface area contributed by atoms with Crippen LogP contribution in [0.4, 0.5) is 5.69 Å². The van der Waals surface area contributed by atoms with Gasteiger partial charge in [0, 0.05) is 24.8 Å². The molecule has 1 aromatic rings. The standard InChI is InChI=1S/C16H26N2/c1-4-18-11-9-14(10-12-18)17-16-8-6-5-7-15(16)13(2)3/h5-8,13-14,17H,4,9-12H2,1-3H3. The molecule has 0 radical (unpaired) electrons. The molecule has 1 aliphatic rings. The predicted octanol–water partition coefficient (Wildman–Crippen LogP) is 3.71. The number of likely N-dealkylation sites (tertiary alicyclic amines) is 1. The fourth-order valence-corrected chi connectivity index (χ4v) is 2.75. The van der Waals surface area contributed by atoms with Gasteiger partial charge in [-0.1, -0.05) is 39.0 Å². The van der Waals surface area contributed by atoms with Gasteiger partial charge in [-0.15, -0.1) is 0 Å². The minimum atomic E-state index is 0.587. The van der Waals surface area contributed by atoms with Crippen LogP contribution in [-0.2, 0) is 0 Å². The zero-order chi connectivity index (χ0) is 13.0. The van der Waals surface area contributed by atoms with Crippen LogP contribution in [0.2, 0.25) is 0 Å². The van der Waals surface area contributed by atoms with E-state index in [9.17, 15) is 0 Å². The fourth-order valence-electron chi connectivity index (χ4n) is 2.75. The van der Waals surface area contributed by atoms with Crippen LogP contribution in [0.15, 0.2) is 24.3 Å². The lowest BCUT2D eigenvalue weighted by atomic mass is 9.99. The molecule has 1 aliphatic heterocycles. The second-order valence-electron chi connectivity index (χ2n) is 5.59. The van der Waals surface area contributed by atoms with E-state index in [1.54, 1.807) is 0 Å². The fraction of sp³-hybridized carbons (Fsp3) is 0.625. The average molecular weight is 246 g/mol. The van der Waals surface area contributed by atoms with Crippen LogP contribution in [0.3, 0.4) is 0 Å². The van der Waals surface area contributed by atoms with Crippen molar-refractivity contribution in [2.45, 2.75) is 45.6 Å². The third kappa shape index (κ3) is 3.26. The third-order valence-corrected chi connectivity index (χ3v) is 3.98. The summed E-state index contributed by atoms with van der Waals surface area (Å²) in [6, 6.07) is 9.39. The van der Waals surface area contributed by atoms with Crippen molar-refractivity contribution in [3.05, 3.63) is 29.8 Å². The maximum atomic E-state index is 3.75. The molecule has 2 rings (SSSR count). The Labute approximate surface area is 111 Å². The molecule has 0 unspecified atom stereocenters. The number of nitrogens with zero attached hydrogens (tertiary/aromatic N) is 1. The van der Waals surface area contributed by atoms with Crippen LogP contribution in [0.25, 0.3) is 0 Å². The van der Waals surface area contributed by atoms with Crippen LogP contribution in [-0.4, -0.2) is 30.6 Å². The average Bonchev–Trinajstić information content (AvgIpc) is 2.40. The van der Waals surface area contributed by atoms with Crippen LogP contribution in [0.1, 0.15) is 45.1 Å². The van der Waals surface area contributed by atoms with Gasteiger partial charge in [-0.2, -0.15) is 0 Å². The van der Waals surface area contributed by atoms with Crippen LogP contribution in [0, 0.1) is 0 Å². The molecule has 1 fully saturated rings. The molecule has 1 N–H and O–H groups in total. The van der Waals surface area contributed by atoms with Crippen molar-refractivity contribution in [3.63, 3.8) is 0 Å². The minimum Gasteiger partial charge on any atom is -0.382 e. The smallest absolute Gasteiger partial charge is 0.0377 e. The molecule has 2 heteroatoms. The van der Waals surface area contributed by atoms with Crippen molar-refractivity contribution in [2.24, 2.45) is 0 Å². The molecule has 0 spiro atoms. The highest BCUT2D eigenvalue weighted by Gasteiger charge is 2.18. The molecule has 0 amide bonds. The first-order valence-corrected chi connectivity index (χ1v) is 7.28. The van der Waals surface area contributed by atoms with E-state index in [1.807, 2.05) is 0 Å². The number of hydrogen-bond donors (Lipinski definition) is 1. The number of rotatable bonds is 4. The first-order valence-electron chi connectivity index (χ1n) is 7.28. The second kappa shape index (κ2) is 6.24. The molecule has 1 heterocycles. The summed E-state index contributed by atoms with van der Waals surface area (Å²) < 4.78 is 0. The Hall–Kier alpha value is -1.02. The molecule has 2 nitrogen and oxygen atoms in total.